The van der Waals surface area contributed by atoms with Crippen molar-refractivity contribution in [3.8, 4) is 0 Å². The van der Waals surface area contributed by atoms with Crippen LogP contribution in [0, 0.1) is 12.8 Å². The number of benzene rings is 1. The maximum atomic E-state index is 3.30. The average molecular weight is 161 g/mol. The van der Waals surface area contributed by atoms with Crippen LogP contribution in [0.4, 0.5) is 0 Å². The zero-order valence-corrected chi connectivity index (χ0v) is 7.51. The van der Waals surface area contributed by atoms with Gasteiger partial charge in [-0.2, -0.15) is 0 Å². The van der Waals surface area contributed by atoms with Crippen LogP contribution < -0.4 is 5.32 Å². The molecule has 1 heteroatoms. The molecule has 1 aromatic rings. The zero-order valence-electron chi connectivity index (χ0n) is 7.51. The van der Waals surface area contributed by atoms with Crippen molar-refractivity contribution in [2.75, 3.05) is 13.1 Å². The molecule has 0 aliphatic carbocycles. The summed E-state index contributed by atoms with van der Waals surface area (Å²) in [5.74, 6) is 0.881. The van der Waals surface area contributed by atoms with Crippen LogP contribution in [0.5, 0.6) is 0 Å². The molecule has 1 N–H and O–H groups in total. The molecule has 0 atom stereocenters. The van der Waals surface area contributed by atoms with E-state index in [1.807, 2.05) is 0 Å². The number of aryl methyl sites for hydroxylation is 1. The highest BCUT2D eigenvalue weighted by molar-refractivity contribution is 5.26. The van der Waals surface area contributed by atoms with Gasteiger partial charge in [-0.1, -0.05) is 24.3 Å². The fraction of sp³-hybridized carbons (Fsp3) is 0.455. The minimum absolute atomic E-state index is 0.881. The lowest BCUT2D eigenvalue weighted by Gasteiger charge is -2.27. The van der Waals surface area contributed by atoms with E-state index in [1.165, 1.54) is 30.6 Å². The Hall–Kier alpha value is -0.820. The van der Waals surface area contributed by atoms with Gasteiger partial charge in [0.2, 0.25) is 0 Å². The maximum absolute atomic E-state index is 3.30. The third kappa shape index (κ3) is 1.51. The Morgan fingerprint density at radius 3 is 2.67 bits per heavy atom. The molecule has 1 saturated heterocycles. The lowest BCUT2D eigenvalue weighted by Crippen LogP contribution is -2.43. The molecule has 2 rings (SSSR count). The third-order valence-electron chi connectivity index (χ3n) is 2.64. The molecule has 0 spiro atoms. The highest BCUT2D eigenvalue weighted by Gasteiger charge is 2.17. The largest absolute Gasteiger partial charge is 0.316 e. The number of nitrogens with one attached hydrogen (secondary N) is 1. The number of hydrogen-bond acceptors (Lipinski definition) is 1. The summed E-state index contributed by atoms with van der Waals surface area (Å²) in [6.07, 6.45) is 1.25. The van der Waals surface area contributed by atoms with Gasteiger partial charge < -0.3 is 5.32 Å². The summed E-state index contributed by atoms with van der Waals surface area (Å²) >= 11 is 0. The van der Waals surface area contributed by atoms with E-state index in [1.54, 1.807) is 0 Å². The molecule has 0 amide bonds. The van der Waals surface area contributed by atoms with Gasteiger partial charge in [-0.3, -0.25) is 0 Å². The molecule has 0 saturated carbocycles. The molecule has 1 aliphatic heterocycles. The van der Waals surface area contributed by atoms with Crippen LogP contribution in [0.25, 0.3) is 0 Å². The van der Waals surface area contributed by atoms with Gasteiger partial charge in [0.25, 0.3) is 0 Å². The van der Waals surface area contributed by atoms with Gasteiger partial charge in [-0.25, -0.2) is 0 Å². The van der Waals surface area contributed by atoms with E-state index in [2.05, 4.69) is 36.5 Å². The van der Waals surface area contributed by atoms with Gasteiger partial charge in [0.1, 0.15) is 0 Å². The summed E-state index contributed by atoms with van der Waals surface area (Å²) in [6, 6.07) is 8.68. The second-order valence-electron chi connectivity index (χ2n) is 3.65. The van der Waals surface area contributed by atoms with Crippen LogP contribution in [-0.2, 0) is 6.42 Å². The van der Waals surface area contributed by atoms with Crippen LogP contribution in [0.3, 0.4) is 0 Å². The van der Waals surface area contributed by atoms with E-state index in [4.69, 9.17) is 0 Å². The first kappa shape index (κ1) is 7.81. The van der Waals surface area contributed by atoms with Gasteiger partial charge in [-0.15, -0.1) is 0 Å². The lowest BCUT2D eigenvalue weighted by molar-refractivity contribution is 0.346. The standard InChI is InChI=1S/C11H15N/c1-9-4-2-3-5-11(9)6-10-7-12-8-10/h2-5,10,12H,6-8H2,1H3. The SMILES string of the molecule is Cc1ccccc1CC1CNC1. The second kappa shape index (κ2) is 3.28. The van der Waals surface area contributed by atoms with Gasteiger partial charge in [0, 0.05) is 0 Å². The lowest BCUT2D eigenvalue weighted by atomic mass is 9.92. The van der Waals surface area contributed by atoms with Crippen molar-refractivity contribution in [2.45, 2.75) is 13.3 Å². The quantitative estimate of drug-likeness (QED) is 0.697. The first-order chi connectivity index (χ1) is 5.86. The summed E-state index contributed by atoms with van der Waals surface area (Å²) in [5.41, 5.74) is 2.95. The van der Waals surface area contributed by atoms with E-state index >= 15 is 0 Å². The molecule has 64 valence electrons. The first-order valence-corrected chi connectivity index (χ1v) is 4.61. The molecule has 1 aliphatic rings. The number of rotatable bonds is 2. The van der Waals surface area contributed by atoms with Gasteiger partial charge in [-0.05, 0) is 43.5 Å². The molecule has 1 aromatic carbocycles. The van der Waals surface area contributed by atoms with Crippen LogP contribution >= 0.6 is 0 Å². The molecule has 1 fully saturated rings. The normalized spacial score (nSPS) is 17.4. The Morgan fingerprint density at radius 1 is 1.33 bits per heavy atom. The monoisotopic (exact) mass is 161 g/mol. The molecule has 0 radical (unpaired) electrons. The van der Waals surface area contributed by atoms with Gasteiger partial charge in [0.05, 0.1) is 0 Å². The Bertz CT molecular complexity index is 263. The van der Waals surface area contributed by atoms with Crippen molar-refractivity contribution in [3.05, 3.63) is 35.4 Å². The van der Waals surface area contributed by atoms with Crippen molar-refractivity contribution < 1.29 is 0 Å². The third-order valence-corrected chi connectivity index (χ3v) is 2.64. The van der Waals surface area contributed by atoms with Gasteiger partial charge in [0.15, 0.2) is 0 Å². The Balaban J connectivity index is 2.06. The molecule has 1 nitrogen and oxygen atoms in total. The van der Waals surface area contributed by atoms with E-state index in [-0.39, 0.29) is 0 Å². The smallest absolute Gasteiger partial charge is 0.000506 e. The molecule has 0 unspecified atom stereocenters. The van der Waals surface area contributed by atoms with Crippen molar-refractivity contribution in [2.24, 2.45) is 5.92 Å². The van der Waals surface area contributed by atoms with E-state index in [9.17, 15) is 0 Å². The molecule has 12 heavy (non-hydrogen) atoms. The van der Waals surface area contributed by atoms with E-state index in [0.29, 0.717) is 0 Å². The minimum Gasteiger partial charge on any atom is -0.316 e. The summed E-state index contributed by atoms with van der Waals surface area (Å²) in [4.78, 5) is 0. The van der Waals surface area contributed by atoms with Crippen molar-refractivity contribution in [1.82, 2.24) is 5.32 Å². The highest BCUT2D eigenvalue weighted by atomic mass is 14.9. The summed E-state index contributed by atoms with van der Waals surface area (Å²) in [7, 11) is 0. The summed E-state index contributed by atoms with van der Waals surface area (Å²) < 4.78 is 0. The van der Waals surface area contributed by atoms with Gasteiger partial charge >= 0.3 is 0 Å². The maximum Gasteiger partial charge on any atom is -0.000506 e. The Morgan fingerprint density at radius 2 is 2.08 bits per heavy atom. The fourth-order valence-corrected chi connectivity index (χ4v) is 1.64. The highest BCUT2D eigenvalue weighted by Crippen LogP contribution is 2.15. The minimum atomic E-state index is 0.881. The van der Waals surface area contributed by atoms with Crippen LogP contribution in [0.15, 0.2) is 24.3 Å². The Kier molecular flexibility index (Phi) is 2.13. The van der Waals surface area contributed by atoms with Crippen LogP contribution in [0.1, 0.15) is 11.1 Å². The average Bonchev–Trinajstić information content (AvgIpc) is 2.00. The molecular formula is C11H15N. The molecule has 0 aromatic heterocycles. The van der Waals surface area contributed by atoms with Crippen LogP contribution in [-0.4, -0.2) is 13.1 Å². The zero-order chi connectivity index (χ0) is 8.39. The predicted octanol–water partition coefficient (Wildman–Crippen LogP) is 1.76. The van der Waals surface area contributed by atoms with Crippen molar-refractivity contribution in [1.29, 1.82) is 0 Å². The fourth-order valence-electron chi connectivity index (χ4n) is 1.64. The first-order valence-electron chi connectivity index (χ1n) is 4.61. The van der Waals surface area contributed by atoms with Crippen molar-refractivity contribution in [3.63, 3.8) is 0 Å². The second-order valence-corrected chi connectivity index (χ2v) is 3.65. The number of hydrogen-bond donors (Lipinski definition) is 1. The Labute approximate surface area is 73.8 Å². The van der Waals surface area contributed by atoms with Crippen molar-refractivity contribution >= 4 is 0 Å². The van der Waals surface area contributed by atoms with Crippen LogP contribution in [0.2, 0.25) is 0 Å². The molecular weight excluding hydrogens is 146 g/mol. The predicted molar refractivity (Wildman–Crippen MR) is 51.2 cm³/mol. The summed E-state index contributed by atoms with van der Waals surface area (Å²) in [6.45, 7) is 4.60. The molecule has 0 bridgehead atoms. The summed E-state index contributed by atoms with van der Waals surface area (Å²) in [5, 5.41) is 3.30. The topological polar surface area (TPSA) is 12.0 Å². The van der Waals surface area contributed by atoms with E-state index in [0.717, 1.165) is 5.92 Å². The molecule has 1 heterocycles. The van der Waals surface area contributed by atoms with E-state index < -0.39 is 0 Å².